The molecule has 5 nitrogen and oxygen atoms in total. The first-order valence-corrected chi connectivity index (χ1v) is 4.96. The number of nitro benzene ring substituents is 1. The molecular weight excluding hydrogens is 241 g/mol. The van der Waals surface area contributed by atoms with Crippen LogP contribution in [0.3, 0.4) is 0 Å². The van der Waals surface area contributed by atoms with Crippen molar-refractivity contribution in [3.8, 4) is 11.8 Å². The van der Waals surface area contributed by atoms with Crippen molar-refractivity contribution >= 4 is 11.7 Å². The molecule has 0 saturated carbocycles. The maximum absolute atomic E-state index is 13.2. The number of halogens is 1. The summed E-state index contributed by atoms with van der Waals surface area (Å²) in [5, 5.41) is 10.7. The fourth-order valence-corrected chi connectivity index (χ4v) is 1.27. The van der Waals surface area contributed by atoms with E-state index in [0.29, 0.717) is 0 Å². The highest BCUT2D eigenvalue weighted by molar-refractivity contribution is 5.72. The van der Waals surface area contributed by atoms with Crippen LogP contribution in [0.5, 0.6) is 0 Å². The first-order chi connectivity index (χ1) is 8.45. The zero-order valence-corrected chi connectivity index (χ0v) is 9.82. The Bertz CT molecular complexity index is 557. The SMILES string of the molecule is COC(=O)CC#Cc1cc(F)cc([N+](=O)[O-])c1C. The van der Waals surface area contributed by atoms with E-state index in [9.17, 15) is 19.3 Å². The highest BCUT2D eigenvalue weighted by Gasteiger charge is 2.15. The van der Waals surface area contributed by atoms with Crippen LogP contribution in [0, 0.1) is 34.7 Å². The number of hydrogen-bond donors (Lipinski definition) is 0. The molecule has 18 heavy (non-hydrogen) atoms. The number of rotatable bonds is 2. The van der Waals surface area contributed by atoms with Crippen molar-refractivity contribution in [1.82, 2.24) is 0 Å². The molecule has 0 fully saturated rings. The van der Waals surface area contributed by atoms with Crippen molar-refractivity contribution < 1.29 is 18.8 Å². The molecule has 0 radical (unpaired) electrons. The monoisotopic (exact) mass is 251 g/mol. The van der Waals surface area contributed by atoms with E-state index in [1.807, 2.05) is 0 Å². The smallest absolute Gasteiger partial charge is 0.317 e. The average molecular weight is 251 g/mol. The summed E-state index contributed by atoms with van der Waals surface area (Å²) in [6, 6.07) is 1.92. The lowest BCUT2D eigenvalue weighted by Gasteiger charge is -2.00. The topological polar surface area (TPSA) is 69.4 Å². The van der Waals surface area contributed by atoms with Crippen LogP contribution >= 0.6 is 0 Å². The van der Waals surface area contributed by atoms with Crippen molar-refractivity contribution in [2.24, 2.45) is 0 Å². The largest absolute Gasteiger partial charge is 0.468 e. The highest BCUT2D eigenvalue weighted by atomic mass is 19.1. The normalized spacial score (nSPS) is 9.28. The first-order valence-electron chi connectivity index (χ1n) is 4.96. The number of carbonyl (C=O) groups is 1. The third-order valence-corrected chi connectivity index (χ3v) is 2.23. The predicted octanol–water partition coefficient (Wildman–Crippen LogP) is 1.96. The van der Waals surface area contributed by atoms with Crippen LogP contribution in [0.4, 0.5) is 10.1 Å². The van der Waals surface area contributed by atoms with Gasteiger partial charge < -0.3 is 4.74 Å². The lowest BCUT2D eigenvalue weighted by atomic mass is 10.1. The quantitative estimate of drug-likeness (QED) is 0.348. The maximum atomic E-state index is 13.2. The van der Waals surface area contributed by atoms with E-state index in [-0.39, 0.29) is 23.2 Å². The number of nitro groups is 1. The van der Waals surface area contributed by atoms with Gasteiger partial charge in [0.1, 0.15) is 12.2 Å². The Labute approximate surface area is 103 Å². The van der Waals surface area contributed by atoms with Gasteiger partial charge >= 0.3 is 5.97 Å². The van der Waals surface area contributed by atoms with Crippen LogP contribution < -0.4 is 0 Å². The molecule has 0 heterocycles. The van der Waals surface area contributed by atoms with Crippen molar-refractivity contribution in [2.75, 3.05) is 7.11 Å². The minimum absolute atomic E-state index is 0.153. The third kappa shape index (κ3) is 3.28. The Balaban J connectivity index is 3.10. The van der Waals surface area contributed by atoms with Gasteiger partial charge in [-0.1, -0.05) is 11.8 Å². The van der Waals surface area contributed by atoms with Crippen molar-refractivity contribution in [1.29, 1.82) is 0 Å². The van der Waals surface area contributed by atoms with Gasteiger partial charge in [0.2, 0.25) is 0 Å². The number of esters is 1. The summed E-state index contributed by atoms with van der Waals surface area (Å²) in [6.07, 6.45) is -0.153. The Morgan fingerprint density at radius 3 is 2.78 bits per heavy atom. The fraction of sp³-hybridized carbons (Fsp3) is 0.250. The summed E-state index contributed by atoms with van der Waals surface area (Å²) in [5.41, 5.74) is 0.113. The molecule has 94 valence electrons. The maximum Gasteiger partial charge on any atom is 0.317 e. The summed E-state index contributed by atoms with van der Waals surface area (Å²) in [7, 11) is 1.22. The zero-order valence-electron chi connectivity index (χ0n) is 9.82. The number of hydrogen-bond acceptors (Lipinski definition) is 4. The van der Waals surface area contributed by atoms with Crippen molar-refractivity contribution in [3.63, 3.8) is 0 Å². The fourth-order valence-electron chi connectivity index (χ4n) is 1.27. The zero-order chi connectivity index (χ0) is 13.7. The molecular formula is C12H10FNO4. The molecule has 0 amide bonds. The minimum atomic E-state index is -0.741. The molecule has 0 spiro atoms. The molecule has 1 aromatic rings. The van der Waals surface area contributed by atoms with Gasteiger partial charge in [0.05, 0.1) is 18.1 Å². The average Bonchev–Trinajstić information content (AvgIpc) is 2.32. The molecule has 0 aliphatic carbocycles. The summed E-state index contributed by atoms with van der Waals surface area (Å²) < 4.78 is 17.5. The van der Waals surface area contributed by atoms with Crippen LogP contribution in [-0.2, 0) is 9.53 Å². The van der Waals surface area contributed by atoms with Gasteiger partial charge in [-0.05, 0) is 13.0 Å². The lowest BCUT2D eigenvalue weighted by Crippen LogP contribution is -1.98. The molecule has 0 bridgehead atoms. The number of methoxy groups -OCH3 is 1. The molecule has 0 unspecified atom stereocenters. The summed E-state index contributed by atoms with van der Waals surface area (Å²) in [6.45, 7) is 1.47. The molecule has 0 saturated heterocycles. The minimum Gasteiger partial charge on any atom is -0.468 e. The predicted molar refractivity (Wildman–Crippen MR) is 61.3 cm³/mol. The second kappa shape index (κ2) is 5.77. The number of nitrogens with zero attached hydrogens (tertiary/aromatic N) is 1. The second-order valence-electron chi connectivity index (χ2n) is 3.41. The Kier molecular flexibility index (Phi) is 4.38. The van der Waals surface area contributed by atoms with Gasteiger partial charge in [0, 0.05) is 11.1 Å². The third-order valence-electron chi connectivity index (χ3n) is 2.23. The van der Waals surface area contributed by atoms with Crippen LogP contribution in [0.15, 0.2) is 12.1 Å². The Morgan fingerprint density at radius 2 is 2.22 bits per heavy atom. The molecule has 1 aromatic carbocycles. The van der Waals surface area contributed by atoms with Gasteiger partial charge in [-0.2, -0.15) is 0 Å². The first kappa shape index (κ1) is 13.6. The van der Waals surface area contributed by atoms with Crippen LogP contribution in [-0.4, -0.2) is 18.0 Å². The van der Waals surface area contributed by atoms with Crippen LogP contribution in [0.25, 0.3) is 0 Å². The van der Waals surface area contributed by atoms with E-state index in [2.05, 4.69) is 16.6 Å². The van der Waals surface area contributed by atoms with E-state index >= 15 is 0 Å². The molecule has 1 rings (SSSR count). The van der Waals surface area contributed by atoms with E-state index in [1.165, 1.54) is 14.0 Å². The van der Waals surface area contributed by atoms with E-state index in [4.69, 9.17) is 0 Å². The highest BCUT2D eigenvalue weighted by Crippen LogP contribution is 2.22. The lowest BCUT2D eigenvalue weighted by molar-refractivity contribution is -0.385. The van der Waals surface area contributed by atoms with E-state index in [0.717, 1.165) is 12.1 Å². The van der Waals surface area contributed by atoms with Gasteiger partial charge in [0.15, 0.2) is 0 Å². The molecule has 0 aromatic heterocycles. The van der Waals surface area contributed by atoms with E-state index < -0.39 is 16.7 Å². The van der Waals surface area contributed by atoms with Crippen LogP contribution in [0.1, 0.15) is 17.5 Å². The molecule has 0 atom stereocenters. The second-order valence-corrected chi connectivity index (χ2v) is 3.41. The van der Waals surface area contributed by atoms with Gasteiger partial charge in [-0.25, -0.2) is 4.39 Å². The Hall–Kier alpha value is -2.42. The number of carbonyl (C=O) groups excluding carboxylic acids is 1. The molecule has 0 aliphatic rings. The summed E-state index contributed by atoms with van der Waals surface area (Å²) >= 11 is 0. The van der Waals surface area contributed by atoms with Gasteiger partial charge in [0.25, 0.3) is 5.69 Å². The van der Waals surface area contributed by atoms with Gasteiger partial charge in [-0.3, -0.25) is 14.9 Å². The molecule has 0 N–H and O–H groups in total. The summed E-state index contributed by atoms with van der Waals surface area (Å²) in [5.74, 6) is 3.73. The standard InChI is InChI=1S/C12H10FNO4/c1-8-9(4-3-5-12(15)18-2)6-10(13)7-11(8)14(16)17/h6-7H,5H2,1-2H3. The van der Waals surface area contributed by atoms with Crippen molar-refractivity contribution in [2.45, 2.75) is 13.3 Å². The number of benzene rings is 1. The molecule has 6 heteroatoms. The van der Waals surface area contributed by atoms with Crippen molar-refractivity contribution in [3.05, 3.63) is 39.2 Å². The number of ether oxygens (including phenoxy) is 1. The summed E-state index contributed by atoms with van der Waals surface area (Å²) in [4.78, 5) is 20.8. The van der Waals surface area contributed by atoms with Gasteiger partial charge in [-0.15, -0.1) is 0 Å². The Morgan fingerprint density at radius 1 is 1.56 bits per heavy atom. The van der Waals surface area contributed by atoms with Crippen LogP contribution in [0.2, 0.25) is 0 Å². The molecule has 0 aliphatic heterocycles. The van der Waals surface area contributed by atoms with E-state index in [1.54, 1.807) is 0 Å².